The third kappa shape index (κ3) is 3.32. The van der Waals surface area contributed by atoms with E-state index in [-0.39, 0.29) is 0 Å². The van der Waals surface area contributed by atoms with Gasteiger partial charge in [0.1, 0.15) is 5.52 Å². The molecule has 0 atom stereocenters. The molecule has 5 nitrogen and oxygen atoms in total. The van der Waals surface area contributed by atoms with Gasteiger partial charge in [0, 0.05) is 16.8 Å². The number of fused-ring (bicyclic) bond motifs is 3. The van der Waals surface area contributed by atoms with Crippen LogP contribution in [0.5, 0.6) is 0 Å². The monoisotopic (exact) mass is 405 g/mol. The Kier molecular flexibility index (Phi) is 4.43. The van der Waals surface area contributed by atoms with Crippen LogP contribution >= 0.6 is 22.9 Å². The van der Waals surface area contributed by atoms with Gasteiger partial charge in [0.25, 0.3) is 0 Å². The maximum absolute atomic E-state index is 5.95. The molecule has 0 aliphatic heterocycles. The van der Waals surface area contributed by atoms with Crippen molar-refractivity contribution in [3.8, 4) is 0 Å². The summed E-state index contributed by atoms with van der Waals surface area (Å²) in [7, 11) is 0. The van der Waals surface area contributed by atoms with Crippen molar-refractivity contribution in [3.05, 3.63) is 87.7 Å². The van der Waals surface area contributed by atoms with E-state index in [2.05, 4.69) is 20.1 Å². The first-order chi connectivity index (χ1) is 13.8. The van der Waals surface area contributed by atoms with Crippen molar-refractivity contribution in [1.82, 2.24) is 19.4 Å². The first-order valence-electron chi connectivity index (χ1n) is 8.89. The van der Waals surface area contributed by atoms with E-state index in [9.17, 15) is 0 Å². The van der Waals surface area contributed by atoms with Gasteiger partial charge >= 0.3 is 0 Å². The Labute approximate surface area is 170 Å². The Hall–Kier alpha value is -2.96. The summed E-state index contributed by atoms with van der Waals surface area (Å²) in [6.07, 6.45) is 4.45. The number of nitrogens with zero attached hydrogens (tertiary/aromatic N) is 4. The molecule has 1 N–H and O–H groups in total. The van der Waals surface area contributed by atoms with E-state index in [0.29, 0.717) is 6.54 Å². The zero-order chi connectivity index (χ0) is 18.9. The van der Waals surface area contributed by atoms with Crippen LogP contribution in [0.25, 0.3) is 16.6 Å². The van der Waals surface area contributed by atoms with Crippen LogP contribution in [-0.2, 0) is 13.0 Å². The topological polar surface area (TPSA) is 55.1 Å². The van der Waals surface area contributed by atoms with Crippen molar-refractivity contribution in [2.24, 2.45) is 0 Å². The van der Waals surface area contributed by atoms with Gasteiger partial charge in [-0.1, -0.05) is 35.9 Å². The van der Waals surface area contributed by atoms with Crippen molar-refractivity contribution >= 4 is 45.3 Å². The van der Waals surface area contributed by atoms with Gasteiger partial charge in [0.2, 0.25) is 0 Å². The normalized spacial score (nSPS) is 11.3. The second-order valence-electron chi connectivity index (χ2n) is 6.49. The summed E-state index contributed by atoms with van der Waals surface area (Å²) in [4.78, 5) is 13.8. The van der Waals surface area contributed by atoms with Crippen LogP contribution in [0, 0.1) is 0 Å². The highest BCUT2D eigenvalue weighted by Gasteiger charge is 2.09. The van der Waals surface area contributed by atoms with E-state index >= 15 is 0 Å². The van der Waals surface area contributed by atoms with Gasteiger partial charge in [-0.05, 0) is 29.8 Å². The smallest absolute Gasteiger partial charge is 0.153 e. The molecule has 138 valence electrons. The zero-order valence-electron chi connectivity index (χ0n) is 14.8. The fourth-order valence-electron chi connectivity index (χ4n) is 3.19. The molecule has 0 unspecified atom stereocenters. The zero-order valence-corrected chi connectivity index (χ0v) is 16.4. The largest absolute Gasteiger partial charge is 0.363 e. The molecule has 28 heavy (non-hydrogen) atoms. The molecule has 0 fully saturated rings. The van der Waals surface area contributed by atoms with Crippen LogP contribution in [-0.4, -0.2) is 19.4 Å². The van der Waals surface area contributed by atoms with Crippen LogP contribution in [0.15, 0.2) is 66.4 Å². The number of rotatable bonds is 5. The molecule has 0 aliphatic rings. The molecule has 0 amide bonds. The first kappa shape index (κ1) is 17.2. The molecule has 5 rings (SSSR count). The minimum absolute atomic E-state index is 0.614. The molecule has 0 radical (unpaired) electrons. The minimum Gasteiger partial charge on any atom is -0.363 e. The Bertz CT molecular complexity index is 1260. The molecule has 0 spiro atoms. The molecule has 0 saturated carbocycles. The van der Waals surface area contributed by atoms with Crippen LogP contribution in [0.1, 0.15) is 16.3 Å². The van der Waals surface area contributed by atoms with E-state index in [4.69, 9.17) is 21.6 Å². The number of benzene rings is 2. The van der Waals surface area contributed by atoms with E-state index in [0.717, 1.165) is 44.5 Å². The van der Waals surface area contributed by atoms with Crippen LogP contribution in [0.3, 0.4) is 0 Å². The number of aromatic nitrogens is 4. The molecule has 0 saturated heterocycles. The highest BCUT2D eigenvalue weighted by molar-refractivity contribution is 7.09. The average molecular weight is 406 g/mol. The summed E-state index contributed by atoms with van der Waals surface area (Å²) in [6.45, 7) is 0.614. The average Bonchev–Trinajstić information content (AvgIpc) is 3.38. The van der Waals surface area contributed by atoms with Gasteiger partial charge in [-0.25, -0.2) is 15.0 Å². The standard InChI is InChI=1S/C21H16ClN5S/c22-15-7-5-14(6-8-15)9-20-25-16(12-28-20)10-24-21-19-11-23-13-27(19)18-4-2-1-3-17(18)26-21/h1-8,11-13H,9-10H2,(H,24,26). The van der Waals surface area contributed by atoms with Crippen molar-refractivity contribution in [3.63, 3.8) is 0 Å². The number of para-hydroxylation sites is 2. The second kappa shape index (κ2) is 7.22. The molecule has 2 aromatic carbocycles. The van der Waals surface area contributed by atoms with Gasteiger partial charge in [0.15, 0.2) is 5.82 Å². The van der Waals surface area contributed by atoms with Gasteiger partial charge in [0.05, 0.1) is 40.8 Å². The number of imidazole rings is 1. The molecule has 0 bridgehead atoms. The summed E-state index contributed by atoms with van der Waals surface area (Å²) < 4.78 is 2.05. The number of anilines is 1. The van der Waals surface area contributed by atoms with Crippen LogP contribution in [0.2, 0.25) is 5.02 Å². The fraction of sp³-hybridized carbons (Fsp3) is 0.0952. The molecule has 7 heteroatoms. The number of halogens is 1. The highest BCUT2D eigenvalue weighted by atomic mass is 35.5. The molecular formula is C21H16ClN5S. The molecule has 5 aromatic rings. The predicted molar refractivity (Wildman–Crippen MR) is 114 cm³/mol. The summed E-state index contributed by atoms with van der Waals surface area (Å²) in [6, 6.07) is 16.0. The van der Waals surface area contributed by atoms with E-state index in [1.807, 2.05) is 61.1 Å². The molecule has 3 heterocycles. The van der Waals surface area contributed by atoms with Gasteiger partial charge in [-0.15, -0.1) is 11.3 Å². The maximum atomic E-state index is 5.95. The summed E-state index contributed by atoms with van der Waals surface area (Å²) in [5.41, 5.74) is 5.13. The van der Waals surface area contributed by atoms with Crippen molar-refractivity contribution in [2.75, 3.05) is 5.32 Å². The van der Waals surface area contributed by atoms with Crippen molar-refractivity contribution < 1.29 is 0 Å². The summed E-state index contributed by atoms with van der Waals surface area (Å²) >= 11 is 7.62. The van der Waals surface area contributed by atoms with Gasteiger partial charge < -0.3 is 5.32 Å². The van der Waals surface area contributed by atoms with Gasteiger partial charge in [-0.3, -0.25) is 4.40 Å². The molecular weight excluding hydrogens is 390 g/mol. The Morgan fingerprint density at radius 3 is 2.75 bits per heavy atom. The van der Waals surface area contributed by atoms with Crippen LogP contribution < -0.4 is 5.32 Å². The SMILES string of the molecule is Clc1ccc(Cc2nc(CNc3nc4ccccc4n4cncc34)cs2)cc1. The van der Waals surface area contributed by atoms with Crippen LogP contribution in [0.4, 0.5) is 5.82 Å². The lowest BCUT2D eigenvalue weighted by Gasteiger charge is -2.09. The van der Waals surface area contributed by atoms with Gasteiger partial charge in [-0.2, -0.15) is 0 Å². The summed E-state index contributed by atoms with van der Waals surface area (Å²) in [5.74, 6) is 0.809. The molecule has 3 aromatic heterocycles. The van der Waals surface area contributed by atoms with Crippen molar-refractivity contribution in [2.45, 2.75) is 13.0 Å². The highest BCUT2D eigenvalue weighted by Crippen LogP contribution is 2.22. The lowest BCUT2D eigenvalue weighted by molar-refractivity contribution is 1.02. The fourth-order valence-corrected chi connectivity index (χ4v) is 4.15. The Balaban J connectivity index is 1.35. The number of hydrogen-bond acceptors (Lipinski definition) is 5. The minimum atomic E-state index is 0.614. The maximum Gasteiger partial charge on any atom is 0.153 e. The number of thiazole rings is 1. The second-order valence-corrected chi connectivity index (χ2v) is 7.87. The Morgan fingerprint density at radius 2 is 1.86 bits per heavy atom. The number of hydrogen-bond donors (Lipinski definition) is 1. The first-order valence-corrected chi connectivity index (χ1v) is 10.1. The summed E-state index contributed by atoms with van der Waals surface area (Å²) in [5, 5.41) is 7.35. The predicted octanol–water partition coefficient (Wildman–Crippen LogP) is 5.20. The third-order valence-electron chi connectivity index (χ3n) is 4.56. The van der Waals surface area contributed by atoms with E-state index in [1.165, 1.54) is 5.56 Å². The quantitative estimate of drug-likeness (QED) is 0.437. The van der Waals surface area contributed by atoms with E-state index < -0.39 is 0 Å². The van der Waals surface area contributed by atoms with Crippen molar-refractivity contribution in [1.29, 1.82) is 0 Å². The number of nitrogens with one attached hydrogen (secondary N) is 1. The molecule has 0 aliphatic carbocycles. The Morgan fingerprint density at radius 1 is 1.00 bits per heavy atom. The lowest BCUT2D eigenvalue weighted by atomic mass is 10.2. The lowest BCUT2D eigenvalue weighted by Crippen LogP contribution is -2.04. The third-order valence-corrected chi connectivity index (χ3v) is 5.71. The van der Waals surface area contributed by atoms with E-state index in [1.54, 1.807) is 11.3 Å².